The number of para-hydroxylation sites is 8. The Balaban J connectivity index is 1.07. The molecule has 2 fully saturated rings. The fraction of sp³-hybridized carbons (Fsp3) is 0.162. The lowest BCUT2D eigenvalue weighted by Crippen LogP contribution is -2.16. The number of furan rings is 4. The Morgan fingerprint density at radius 1 is 0.250 bits per heavy atom. The molecule has 0 amide bonds. The van der Waals surface area contributed by atoms with E-state index in [1.165, 1.54) is 75.3 Å². The summed E-state index contributed by atoms with van der Waals surface area (Å²) in [7, 11) is 0. The van der Waals surface area contributed by atoms with Crippen LogP contribution >= 0.6 is 0 Å². The van der Waals surface area contributed by atoms with Gasteiger partial charge in [-0.05, 0) is 109 Å². The molecule has 80 heavy (non-hydrogen) atoms. The maximum atomic E-state index is 7.13. The summed E-state index contributed by atoms with van der Waals surface area (Å²) < 4.78 is 28.5. The molecule has 0 unspecified atom stereocenters. The Labute approximate surface area is 462 Å². The molecular weight excluding hydrogens is 981 g/mol. The molecule has 6 nitrogen and oxygen atoms in total. The van der Waals surface area contributed by atoms with E-state index in [1.54, 1.807) is 0 Å². The van der Waals surface area contributed by atoms with Gasteiger partial charge < -0.3 is 27.5 Å². The van der Waals surface area contributed by atoms with Crippen LogP contribution in [0.25, 0.3) is 109 Å². The molecule has 2 aliphatic rings. The van der Waals surface area contributed by atoms with Gasteiger partial charge >= 0.3 is 0 Å². The number of hydrogen-bond donors (Lipinski definition) is 0. The lowest BCUT2D eigenvalue weighted by atomic mass is 9.81. The topological polar surface area (TPSA) is 59.0 Å². The van der Waals surface area contributed by atoms with Crippen LogP contribution in [0.4, 0.5) is 34.1 Å². The monoisotopic (exact) mass is 1040 g/mol. The lowest BCUT2D eigenvalue weighted by Gasteiger charge is -2.34. The predicted octanol–water partition coefficient (Wildman–Crippen LogP) is 22.6. The maximum Gasteiger partial charge on any atom is 0.159 e. The lowest BCUT2D eigenvalue weighted by molar-refractivity contribution is 0.444. The molecule has 17 rings (SSSR count). The molecular formula is C74H56N2O4. The normalized spacial score (nSPS) is 14.9. The van der Waals surface area contributed by atoms with Crippen LogP contribution in [0.3, 0.4) is 0 Å². The Bertz CT molecular complexity index is 4420. The number of fused-ring (bicyclic) bond motifs is 14. The summed E-state index contributed by atoms with van der Waals surface area (Å²) in [6.07, 6.45) is 12.1. The summed E-state index contributed by atoms with van der Waals surface area (Å²) in [6.45, 7) is 0. The summed E-state index contributed by atoms with van der Waals surface area (Å²) in [4.78, 5) is 5.00. The summed E-state index contributed by atoms with van der Waals surface area (Å²) in [6, 6.07) is 75.3. The highest BCUT2D eigenvalue weighted by molar-refractivity contribution is 6.27. The van der Waals surface area contributed by atoms with Crippen molar-refractivity contribution in [3.8, 4) is 0 Å². The first-order valence-corrected chi connectivity index (χ1v) is 28.9. The van der Waals surface area contributed by atoms with Gasteiger partial charge in [0.1, 0.15) is 22.3 Å². The summed E-state index contributed by atoms with van der Waals surface area (Å²) in [5, 5.41) is 13.1. The molecule has 0 aliphatic heterocycles. The smallest absolute Gasteiger partial charge is 0.159 e. The van der Waals surface area contributed by atoms with E-state index in [2.05, 4.69) is 216 Å². The Morgan fingerprint density at radius 3 is 0.850 bits per heavy atom. The first-order chi connectivity index (χ1) is 39.7. The van der Waals surface area contributed by atoms with Crippen LogP contribution in [0.15, 0.2) is 224 Å². The summed E-state index contributed by atoms with van der Waals surface area (Å²) >= 11 is 0. The van der Waals surface area contributed by atoms with Crippen LogP contribution in [0.1, 0.15) is 87.2 Å². The van der Waals surface area contributed by atoms with E-state index in [4.69, 9.17) is 17.7 Å². The second-order valence-corrected chi connectivity index (χ2v) is 22.7. The molecule has 0 atom stereocenters. The van der Waals surface area contributed by atoms with Crippen LogP contribution in [0.2, 0.25) is 0 Å². The van der Waals surface area contributed by atoms with Crippen molar-refractivity contribution < 1.29 is 17.7 Å². The number of nitrogens with zero attached hydrogens (tertiary/aromatic N) is 2. The zero-order valence-electron chi connectivity index (χ0n) is 44.4. The molecule has 0 radical (unpaired) electrons. The SMILES string of the molecule is c1ccc2c(c1)oc1c(N(c3c4ccc(C5CCCCC5)cc4c(N(c4cccc5c4oc4ccccc45)c4cccc5c4oc4ccccc45)c4ccc(C5CCCCC5)cc34)c3cccc4c3oc3ccccc34)cccc12. The average molecular weight is 1040 g/mol. The standard InChI is InChI=1S/C74H56N2O4/c1-3-19-45(20-4-1)47-39-41-53-59(43-47)69(75(61-31-15-27-55-49-23-7-11-35-65(49)77-71(55)61)62-32-16-28-56-50-24-8-12-36-66(50)78-72(56)62)54-42-40-48(46-21-5-2-6-22-46)44-60(54)70(53)76(63-33-17-29-57-51-25-9-13-37-67(51)79-73(57)63)64-34-18-30-58-52-26-10-14-38-68(52)80-74(58)64/h7-18,23-46H,1-6,19-22H2. The highest BCUT2D eigenvalue weighted by atomic mass is 16.3. The number of rotatable bonds is 8. The van der Waals surface area contributed by atoms with Crippen LogP contribution in [-0.2, 0) is 0 Å². The molecule has 0 saturated heterocycles. The van der Waals surface area contributed by atoms with Crippen LogP contribution in [-0.4, -0.2) is 0 Å². The van der Waals surface area contributed by atoms with Gasteiger partial charge in [-0.3, -0.25) is 0 Å². The predicted molar refractivity (Wildman–Crippen MR) is 332 cm³/mol. The Hall–Kier alpha value is -9.26. The minimum atomic E-state index is 0.435. The van der Waals surface area contributed by atoms with Crippen LogP contribution < -0.4 is 9.80 Å². The molecule has 0 bridgehead atoms. The van der Waals surface area contributed by atoms with Crippen molar-refractivity contribution in [2.75, 3.05) is 9.80 Å². The van der Waals surface area contributed by atoms with Gasteiger partial charge in [0.2, 0.25) is 0 Å². The molecule has 2 saturated carbocycles. The van der Waals surface area contributed by atoms with Crippen molar-refractivity contribution in [2.24, 2.45) is 0 Å². The van der Waals surface area contributed by atoms with Gasteiger partial charge in [0.25, 0.3) is 0 Å². The molecule has 6 heteroatoms. The molecule has 4 aromatic heterocycles. The van der Waals surface area contributed by atoms with Crippen molar-refractivity contribution in [1.82, 2.24) is 0 Å². The van der Waals surface area contributed by atoms with Gasteiger partial charge in [0.05, 0.1) is 34.1 Å². The zero-order chi connectivity index (χ0) is 52.4. The Kier molecular flexibility index (Phi) is 10.4. The molecule has 4 heterocycles. The third-order valence-electron chi connectivity index (χ3n) is 18.2. The first-order valence-electron chi connectivity index (χ1n) is 28.9. The fourth-order valence-corrected chi connectivity index (χ4v) is 14.5. The van der Waals surface area contributed by atoms with Gasteiger partial charge in [-0.1, -0.05) is 184 Å². The van der Waals surface area contributed by atoms with Crippen molar-refractivity contribution in [3.63, 3.8) is 0 Å². The van der Waals surface area contributed by atoms with E-state index in [9.17, 15) is 0 Å². The van der Waals surface area contributed by atoms with Gasteiger partial charge in [-0.25, -0.2) is 0 Å². The number of hydrogen-bond acceptors (Lipinski definition) is 6. The van der Waals surface area contributed by atoms with Crippen molar-refractivity contribution in [2.45, 2.75) is 76.0 Å². The van der Waals surface area contributed by atoms with Gasteiger partial charge in [-0.2, -0.15) is 0 Å². The highest BCUT2D eigenvalue weighted by Gasteiger charge is 2.33. The number of anilines is 6. The quantitative estimate of drug-likeness (QED) is 0.112. The minimum absolute atomic E-state index is 0.435. The van der Waals surface area contributed by atoms with E-state index in [0.29, 0.717) is 11.8 Å². The van der Waals surface area contributed by atoms with Gasteiger partial charge in [0, 0.05) is 64.6 Å². The largest absolute Gasteiger partial charge is 0.454 e. The van der Waals surface area contributed by atoms with E-state index < -0.39 is 0 Å². The second kappa shape index (κ2) is 18.2. The summed E-state index contributed by atoms with van der Waals surface area (Å²) in [5.41, 5.74) is 15.4. The molecule has 0 spiro atoms. The van der Waals surface area contributed by atoms with Crippen molar-refractivity contribution in [1.29, 1.82) is 0 Å². The average Bonchev–Trinajstić information content (AvgIpc) is 4.03. The molecule has 2 aliphatic carbocycles. The van der Waals surface area contributed by atoms with Crippen LogP contribution in [0.5, 0.6) is 0 Å². The van der Waals surface area contributed by atoms with Gasteiger partial charge in [0.15, 0.2) is 22.3 Å². The maximum absolute atomic E-state index is 7.13. The third kappa shape index (κ3) is 6.97. The van der Waals surface area contributed by atoms with E-state index in [-0.39, 0.29) is 0 Å². The molecule has 0 N–H and O–H groups in total. The van der Waals surface area contributed by atoms with Crippen molar-refractivity contribution in [3.05, 3.63) is 217 Å². The summed E-state index contributed by atoms with van der Waals surface area (Å²) in [5.74, 6) is 0.870. The van der Waals surface area contributed by atoms with Crippen molar-refractivity contribution >= 4 is 143 Å². The fourth-order valence-electron chi connectivity index (χ4n) is 14.5. The first kappa shape index (κ1) is 45.7. The Morgan fingerprint density at radius 2 is 0.537 bits per heavy atom. The number of benzene rings is 11. The van der Waals surface area contributed by atoms with E-state index in [0.717, 1.165) is 143 Å². The van der Waals surface area contributed by atoms with E-state index in [1.807, 2.05) is 0 Å². The zero-order valence-corrected chi connectivity index (χ0v) is 44.4. The molecule has 15 aromatic rings. The van der Waals surface area contributed by atoms with Gasteiger partial charge in [-0.15, -0.1) is 0 Å². The second-order valence-electron chi connectivity index (χ2n) is 22.7. The molecule has 11 aromatic carbocycles. The minimum Gasteiger partial charge on any atom is -0.454 e. The third-order valence-corrected chi connectivity index (χ3v) is 18.2. The highest BCUT2D eigenvalue weighted by Crippen LogP contribution is 2.57. The molecule has 386 valence electrons. The van der Waals surface area contributed by atoms with E-state index >= 15 is 0 Å². The van der Waals surface area contributed by atoms with Crippen LogP contribution in [0, 0.1) is 0 Å².